The topological polar surface area (TPSA) is 37.0 Å². The minimum Gasteiger partial charge on any atom is -0.381 e. The number of hydrogen-bond donors (Lipinski definition) is 2. The van der Waals surface area contributed by atoms with Gasteiger partial charge in [0, 0.05) is 29.8 Å². The molecule has 1 aromatic heterocycles. The Bertz CT molecular complexity index is 631. The summed E-state index contributed by atoms with van der Waals surface area (Å²) >= 11 is 0. The molecule has 1 fully saturated rings. The van der Waals surface area contributed by atoms with Crippen LogP contribution in [-0.4, -0.2) is 24.7 Å². The average molecular weight is 274 g/mol. The molecule has 0 spiro atoms. The molecule has 2 aromatic rings. The summed E-state index contributed by atoms with van der Waals surface area (Å²) in [5.74, 6) is 0.459. The van der Waals surface area contributed by atoms with Crippen LogP contribution in [0.5, 0.6) is 0 Å². The van der Waals surface area contributed by atoms with Gasteiger partial charge in [-0.05, 0) is 55.5 Å². The van der Waals surface area contributed by atoms with Crippen LogP contribution in [0.2, 0.25) is 0 Å². The Morgan fingerprint density at radius 1 is 1.20 bits per heavy atom. The maximum absolute atomic E-state index is 13.5. The summed E-state index contributed by atoms with van der Waals surface area (Å²) in [6, 6.07) is 5.40. The van der Waals surface area contributed by atoms with Crippen molar-refractivity contribution in [3.05, 3.63) is 35.3 Å². The standard InChI is InChI=1S/C16H19FN2O/c17-11-1-2-14-13(9-11)12-3-6-18-15(16(12)19-14)10-4-7-20-8-5-10/h1-2,9-10,15,18-19H,3-8H2. The predicted molar refractivity (Wildman–Crippen MR) is 76.2 cm³/mol. The second-order valence-electron chi connectivity index (χ2n) is 5.84. The summed E-state index contributed by atoms with van der Waals surface area (Å²) in [7, 11) is 0. The molecule has 1 atom stereocenters. The molecule has 2 aliphatic rings. The van der Waals surface area contributed by atoms with Gasteiger partial charge in [-0.2, -0.15) is 0 Å². The van der Waals surface area contributed by atoms with Crippen LogP contribution >= 0.6 is 0 Å². The molecule has 0 saturated carbocycles. The highest BCUT2D eigenvalue weighted by Gasteiger charge is 2.31. The van der Waals surface area contributed by atoms with Crippen molar-refractivity contribution >= 4 is 10.9 Å². The molecule has 4 rings (SSSR count). The van der Waals surface area contributed by atoms with Gasteiger partial charge in [0.25, 0.3) is 0 Å². The lowest BCUT2D eigenvalue weighted by Gasteiger charge is -2.34. The van der Waals surface area contributed by atoms with E-state index in [1.165, 1.54) is 17.3 Å². The van der Waals surface area contributed by atoms with E-state index in [-0.39, 0.29) is 5.82 Å². The van der Waals surface area contributed by atoms with Crippen molar-refractivity contribution in [2.75, 3.05) is 19.8 Å². The first-order chi connectivity index (χ1) is 9.83. The largest absolute Gasteiger partial charge is 0.381 e. The van der Waals surface area contributed by atoms with E-state index in [0.29, 0.717) is 12.0 Å². The monoisotopic (exact) mass is 274 g/mol. The molecule has 0 aliphatic carbocycles. The fourth-order valence-electron chi connectivity index (χ4n) is 3.68. The van der Waals surface area contributed by atoms with E-state index < -0.39 is 0 Å². The molecule has 1 aromatic carbocycles. The average Bonchev–Trinajstić information content (AvgIpc) is 2.86. The molecule has 0 amide bonds. The Labute approximate surface area is 117 Å². The minimum absolute atomic E-state index is 0.152. The Balaban J connectivity index is 1.78. The van der Waals surface area contributed by atoms with Gasteiger partial charge in [-0.1, -0.05) is 0 Å². The number of aromatic amines is 1. The number of H-pyrrole nitrogens is 1. The van der Waals surface area contributed by atoms with Gasteiger partial charge in [-0.25, -0.2) is 4.39 Å². The van der Waals surface area contributed by atoms with Crippen molar-refractivity contribution < 1.29 is 9.13 Å². The number of fused-ring (bicyclic) bond motifs is 3. The van der Waals surface area contributed by atoms with Gasteiger partial charge >= 0.3 is 0 Å². The Morgan fingerprint density at radius 3 is 2.90 bits per heavy atom. The van der Waals surface area contributed by atoms with Gasteiger partial charge in [0.15, 0.2) is 0 Å². The number of rotatable bonds is 1. The first-order valence-electron chi connectivity index (χ1n) is 7.44. The van der Waals surface area contributed by atoms with Crippen molar-refractivity contribution in [3.63, 3.8) is 0 Å². The second kappa shape index (κ2) is 4.86. The van der Waals surface area contributed by atoms with Gasteiger partial charge < -0.3 is 15.0 Å². The van der Waals surface area contributed by atoms with Gasteiger partial charge in [0.2, 0.25) is 0 Å². The molecule has 4 heteroatoms. The number of ether oxygens (including phenoxy) is 1. The molecule has 3 heterocycles. The predicted octanol–water partition coefficient (Wildman–Crippen LogP) is 2.92. The zero-order valence-corrected chi connectivity index (χ0v) is 11.4. The van der Waals surface area contributed by atoms with E-state index in [9.17, 15) is 4.39 Å². The molecular weight excluding hydrogens is 255 g/mol. The fourth-order valence-corrected chi connectivity index (χ4v) is 3.68. The van der Waals surface area contributed by atoms with Gasteiger partial charge in [0.05, 0.1) is 6.04 Å². The Hall–Kier alpha value is -1.39. The highest BCUT2D eigenvalue weighted by molar-refractivity contribution is 5.85. The number of aromatic nitrogens is 1. The SMILES string of the molecule is Fc1ccc2[nH]c3c(c2c1)CCNC3C1CCOCC1. The summed E-state index contributed by atoms with van der Waals surface area (Å²) in [5.41, 5.74) is 3.62. The van der Waals surface area contributed by atoms with Gasteiger partial charge in [-0.15, -0.1) is 0 Å². The van der Waals surface area contributed by atoms with Crippen molar-refractivity contribution in [2.45, 2.75) is 25.3 Å². The van der Waals surface area contributed by atoms with Crippen molar-refractivity contribution in [1.29, 1.82) is 0 Å². The van der Waals surface area contributed by atoms with Crippen LogP contribution in [0.25, 0.3) is 10.9 Å². The molecule has 2 aliphatic heterocycles. The maximum Gasteiger partial charge on any atom is 0.123 e. The van der Waals surface area contributed by atoms with E-state index >= 15 is 0 Å². The first-order valence-corrected chi connectivity index (χ1v) is 7.44. The lowest BCUT2D eigenvalue weighted by Crippen LogP contribution is -2.37. The molecule has 106 valence electrons. The second-order valence-corrected chi connectivity index (χ2v) is 5.84. The summed E-state index contributed by atoms with van der Waals surface area (Å²) in [6.07, 6.45) is 3.17. The zero-order chi connectivity index (χ0) is 13.5. The third-order valence-electron chi connectivity index (χ3n) is 4.69. The van der Waals surface area contributed by atoms with E-state index in [2.05, 4.69) is 10.3 Å². The third kappa shape index (κ3) is 1.95. The van der Waals surface area contributed by atoms with Crippen molar-refractivity contribution in [2.24, 2.45) is 5.92 Å². The highest BCUT2D eigenvalue weighted by atomic mass is 19.1. The van der Waals surface area contributed by atoms with Crippen LogP contribution in [-0.2, 0) is 11.2 Å². The summed E-state index contributed by atoms with van der Waals surface area (Å²) < 4.78 is 19.0. The lowest BCUT2D eigenvalue weighted by molar-refractivity contribution is 0.0523. The summed E-state index contributed by atoms with van der Waals surface area (Å²) in [6.45, 7) is 2.68. The summed E-state index contributed by atoms with van der Waals surface area (Å²) in [4.78, 5) is 3.52. The molecule has 1 unspecified atom stereocenters. The highest BCUT2D eigenvalue weighted by Crippen LogP contribution is 2.37. The van der Waals surface area contributed by atoms with Crippen molar-refractivity contribution in [3.8, 4) is 0 Å². The van der Waals surface area contributed by atoms with Crippen LogP contribution in [0.1, 0.15) is 30.1 Å². The van der Waals surface area contributed by atoms with Crippen LogP contribution < -0.4 is 5.32 Å². The molecular formula is C16H19FN2O. The van der Waals surface area contributed by atoms with Crippen LogP contribution in [0.4, 0.5) is 4.39 Å². The smallest absolute Gasteiger partial charge is 0.123 e. The normalized spacial score (nSPS) is 23.9. The molecule has 0 radical (unpaired) electrons. The van der Waals surface area contributed by atoms with Crippen LogP contribution in [0, 0.1) is 11.7 Å². The molecule has 1 saturated heterocycles. The zero-order valence-electron chi connectivity index (χ0n) is 11.4. The van der Waals surface area contributed by atoms with Gasteiger partial charge in [0.1, 0.15) is 5.82 Å². The molecule has 2 N–H and O–H groups in total. The summed E-state index contributed by atoms with van der Waals surface area (Å²) in [5, 5.41) is 4.69. The Kier molecular flexibility index (Phi) is 3.00. The Morgan fingerprint density at radius 2 is 2.05 bits per heavy atom. The van der Waals surface area contributed by atoms with E-state index in [0.717, 1.165) is 49.9 Å². The van der Waals surface area contributed by atoms with Crippen LogP contribution in [0.15, 0.2) is 18.2 Å². The number of benzene rings is 1. The lowest BCUT2D eigenvalue weighted by atomic mass is 9.85. The molecule has 3 nitrogen and oxygen atoms in total. The van der Waals surface area contributed by atoms with Crippen LogP contribution in [0.3, 0.4) is 0 Å². The van der Waals surface area contributed by atoms with Gasteiger partial charge in [-0.3, -0.25) is 0 Å². The minimum atomic E-state index is -0.152. The van der Waals surface area contributed by atoms with E-state index in [1.807, 2.05) is 6.07 Å². The number of nitrogens with one attached hydrogen (secondary N) is 2. The number of halogens is 1. The molecule has 0 bridgehead atoms. The third-order valence-corrected chi connectivity index (χ3v) is 4.69. The fraction of sp³-hybridized carbons (Fsp3) is 0.500. The van der Waals surface area contributed by atoms with E-state index in [1.54, 1.807) is 6.07 Å². The molecule has 20 heavy (non-hydrogen) atoms. The first kappa shape index (κ1) is 12.4. The quantitative estimate of drug-likeness (QED) is 0.839. The van der Waals surface area contributed by atoms with Crippen molar-refractivity contribution in [1.82, 2.24) is 10.3 Å². The van der Waals surface area contributed by atoms with E-state index in [4.69, 9.17) is 4.74 Å². The maximum atomic E-state index is 13.5. The number of hydrogen-bond acceptors (Lipinski definition) is 2.